The Morgan fingerprint density at radius 3 is 2.83 bits per heavy atom. The first kappa shape index (κ1) is 9.30. The zero-order chi connectivity index (χ0) is 8.97. The van der Waals surface area contributed by atoms with Gasteiger partial charge < -0.3 is 0 Å². The van der Waals surface area contributed by atoms with Crippen LogP contribution in [0.2, 0.25) is 0 Å². The van der Waals surface area contributed by atoms with Crippen molar-refractivity contribution in [2.24, 2.45) is 0 Å². The Morgan fingerprint density at radius 1 is 1.50 bits per heavy atom. The lowest BCUT2D eigenvalue weighted by Gasteiger charge is -2.02. The minimum Gasteiger partial charge on any atom is -0.272 e. The van der Waals surface area contributed by atoms with E-state index in [0.717, 1.165) is 13.0 Å². The average Bonchev–Trinajstić information content (AvgIpc) is 2.52. The predicted octanol–water partition coefficient (Wildman–Crippen LogP) is 2.81. The van der Waals surface area contributed by atoms with Gasteiger partial charge in [-0.05, 0) is 24.3 Å². The van der Waals surface area contributed by atoms with Crippen molar-refractivity contribution in [2.75, 3.05) is 0 Å². The van der Waals surface area contributed by atoms with Crippen molar-refractivity contribution in [1.29, 1.82) is 0 Å². The second-order valence-electron chi connectivity index (χ2n) is 3.35. The normalized spacial score (nSPS) is 13.2. The Labute approximate surface area is 74.6 Å². The molecule has 0 radical (unpaired) electrons. The highest BCUT2D eigenvalue weighted by molar-refractivity contribution is 5.09. The molecule has 1 atom stereocenters. The molecular formula is C10H18N2. The summed E-state index contributed by atoms with van der Waals surface area (Å²) in [5, 5.41) is 4.29. The van der Waals surface area contributed by atoms with Crippen molar-refractivity contribution >= 4 is 0 Å². The van der Waals surface area contributed by atoms with Crippen LogP contribution in [-0.2, 0) is 6.54 Å². The summed E-state index contributed by atoms with van der Waals surface area (Å²) in [5.41, 5.74) is 1.37. The minimum absolute atomic E-state index is 0.649. The van der Waals surface area contributed by atoms with Gasteiger partial charge in [-0.15, -0.1) is 0 Å². The van der Waals surface area contributed by atoms with Crippen LogP contribution in [0.15, 0.2) is 12.4 Å². The molecule has 2 heteroatoms. The van der Waals surface area contributed by atoms with Crippen molar-refractivity contribution in [2.45, 2.75) is 46.1 Å². The highest BCUT2D eigenvalue weighted by atomic mass is 15.3. The van der Waals surface area contributed by atoms with Gasteiger partial charge in [0.1, 0.15) is 0 Å². The maximum atomic E-state index is 4.29. The third-order valence-electron chi connectivity index (χ3n) is 2.29. The van der Waals surface area contributed by atoms with Gasteiger partial charge in [0.2, 0.25) is 0 Å². The largest absolute Gasteiger partial charge is 0.272 e. The number of hydrogen-bond acceptors (Lipinski definition) is 1. The fourth-order valence-electron chi connectivity index (χ4n) is 1.22. The molecule has 0 aliphatic heterocycles. The number of hydrogen-bond donors (Lipinski definition) is 0. The lowest BCUT2D eigenvalue weighted by molar-refractivity contribution is 0.601. The van der Waals surface area contributed by atoms with Gasteiger partial charge in [-0.2, -0.15) is 5.10 Å². The number of aromatic nitrogens is 2. The molecule has 1 rings (SSSR count). The molecule has 1 aromatic rings. The molecule has 12 heavy (non-hydrogen) atoms. The van der Waals surface area contributed by atoms with E-state index in [1.54, 1.807) is 0 Å². The third-order valence-corrected chi connectivity index (χ3v) is 2.29. The smallest absolute Gasteiger partial charge is 0.0524 e. The van der Waals surface area contributed by atoms with E-state index >= 15 is 0 Å². The van der Waals surface area contributed by atoms with E-state index < -0.39 is 0 Å². The molecule has 0 fully saturated rings. The van der Waals surface area contributed by atoms with Gasteiger partial charge in [-0.1, -0.05) is 20.8 Å². The second-order valence-corrected chi connectivity index (χ2v) is 3.35. The molecule has 68 valence electrons. The Balaban J connectivity index is 2.63. The summed E-state index contributed by atoms with van der Waals surface area (Å²) in [6, 6.07) is 0. The number of nitrogens with zero attached hydrogens (tertiary/aromatic N) is 2. The Hall–Kier alpha value is -0.790. The first-order chi connectivity index (χ1) is 5.77. The van der Waals surface area contributed by atoms with Crippen molar-refractivity contribution in [3.8, 4) is 0 Å². The highest BCUT2D eigenvalue weighted by Gasteiger charge is 2.04. The molecule has 2 nitrogen and oxygen atoms in total. The van der Waals surface area contributed by atoms with Gasteiger partial charge in [0.15, 0.2) is 0 Å². The lowest BCUT2D eigenvalue weighted by Crippen LogP contribution is -1.96. The summed E-state index contributed by atoms with van der Waals surface area (Å²) in [7, 11) is 0. The zero-order valence-corrected chi connectivity index (χ0v) is 8.25. The first-order valence-electron chi connectivity index (χ1n) is 4.80. The maximum absolute atomic E-state index is 4.29. The molecule has 0 saturated carbocycles. The van der Waals surface area contributed by atoms with Crippen LogP contribution in [0.4, 0.5) is 0 Å². The Bertz CT molecular complexity index is 227. The quantitative estimate of drug-likeness (QED) is 0.672. The topological polar surface area (TPSA) is 17.8 Å². The summed E-state index contributed by atoms with van der Waals surface area (Å²) in [4.78, 5) is 0. The monoisotopic (exact) mass is 166 g/mol. The number of aryl methyl sites for hydroxylation is 1. The van der Waals surface area contributed by atoms with Gasteiger partial charge in [0, 0.05) is 12.7 Å². The molecule has 0 bridgehead atoms. The van der Waals surface area contributed by atoms with Crippen molar-refractivity contribution < 1.29 is 0 Å². The first-order valence-corrected chi connectivity index (χ1v) is 4.80. The molecule has 1 heterocycles. The van der Waals surface area contributed by atoms with Gasteiger partial charge in [0.05, 0.1) is 6.20 Å². The molecule has 0 aliphatic carbocycles. The summed E-state index contributed by atoms with van der Waals surface area (Å²) >= 11 is 0. The van der Waals surface area contributed by atoms with E-state index in [1.807, 2.05) is 10.9 Å². The van der Waals surface area contributed by atoms with E-state index in [4.69, 9.17) is 0 Å². The van der Waals surface area contributed by atoms with Gasteiger partial charge >= 0.3 is 0 Å². The van der Waals surface area contributed by atoms with E-state index in [2.05, 4.69) is 32.1 Å². The van der Waals surface area contributed by atoms with Gasteiger partial charge in [0.25, 0.3) is 0 Å². The third kappa shape index (κ3) is 2.10. The Morgan fingerprint density at radius 2 is 2.25 bits per heavy atom. The molecule has 0 amide bonds. The van der Waals surface area contributed by atoms with Crippen LogP contribution in [0.1, 0.15) is 45.1 Å². The second kappa shape index (κ2) is 4.29. The van der Waals surface area contributed by atoms with E-state index in [9.17, 15) is 0 Å². The predicted molar refractivity (Wildman–Crippen MR) is 51.2 cm³/mol. The van der Waals surface area contributed by atoms with E-state index in [0.29, 0.717) is 5.92 Å². The molecule has 1 aromatic heterocycles. The summed E-state index contributed by atoms with van der Waals surface area (Å²) in [6.07, 6.45) is 6.50. The molecule has 0 saturated heterocycles. The minimum atomic E-state index is 0.649. The van der Waals surface area contributed by atoms with Crippen molar-refractivity contribution in [1.82, 2.24) is 9.78 Å². The summed E-state index contributed by atoms with van der Waals surface area (Å²) in [5.74, 6) is 0.649. The maximum Gasteiger partial charge on any atom is 0.0524 e. The van der Waals surface area contributed by atoms with Crippen LogP contribution in [0.5, 0.6) is 0 Å². The number of rotatable bonds is 4. The van der Waals surface area contributed by atoms with E-state index in [-0.39, 0.29) is 0 Å². The molecule has 0 aliphatic rings. The van der Waals surface area contributed by atoms with Crippen LogP contribution in [-0.4, -0.2) is 9.78 Å². The van der Waals surface area contributed by atoms with E-state index in [1.165, 1.54) is 12.0 Å². The summed E-state index contributed by atoms with van der Waals surface area (Å²) in [6.45, 7) is 7.66. The van der Waals surface area contributed by atoms with Crippen LogP contribution in [0, 0.1) is 0 Å². The van der Waals surface area contributed by atoms with Crippen molar-refractivity contribution in [3.63, 3.8) is 0 Å². The van der Waals surface area contributed by atoms with Crippen LogP contribution in [0.3, 0.4) is 0 Å². The molecule has 0 spiro atoms. The Kier molecular flexibility index (Phi) is 3.32. The van der Waals surface area contributed by atoms with Crippen molar-refractivity contribution in [3.05, 3.63) is 18.0 Å². The molecule has 0 N–H and O–H groups in total. The summed E-state index contributed by atoms with van der Waals surface area (Å²) < 4.78 is 2.03. The lowest BCUT2D eigenvalue weighted by atomic mass is 10.0. The van der Waals surface area contributed by atoms with Gasteiger partial charge in [-0.25, -0.2) is 0 Å². The fourth-order valence-corrected chi connectivity index (χ4v) is 1.22. The zero-order valence-electron chi connectivity index (χ0n) is 8.25. The molecule has 0 aromatic carbocycles. The standard InChI is InChI=1S/C10H18N2/c1-4-6-12-8-10(7-11-12)9(3)5-2/h7-9H,4-6H2,1-3H3. The van der Waals surface area contributed by atoms with Gasteiger partial charge in [-0.3, -0.25) is 4.68 Å². The fraction of sp³-hybridized carbons (Fsp3) is 0.700. The molecular weight excluding hydrogens is 148 g/mol. The van der Waals surface area contributed by atoms with Crippen LogP contribution < -0.4 is 0 Å². The van der Waals surface area contributed by atoms with Crippen LogP contribution >= 0.6 is 0 Å². The SMILES string of the molecule is CCCn1cc(C(C)CC)cn1. The van der Waals surface area contributed by atoms with Crippen LogP contribution in [0.25, 0.3) is 0 Å². The average molecular weight is 166 g/mol. The molecule has 1 unspecified atom stereocenters. The highest BCUT2D eigenvalue weighted by Crippen LogP contribution is 2.17.